The molecule has 0 spiro atoms. The summed E-state index contributed by atoms with van der Waals surface area (Å²) in [7, 11) is 3.00. The molecule has 0 aliphatic heterocycles. The Balaban J connectivity index is 1.87. The molecule has 276 valence electrons. The van der Waals surface area contributed by atoms with Gasteiger partial charge in [-0.05, 0) is 126 Å². The molecule has 0 amide bonds. The summed E-state index contributed by atoms with van der Waals surface area (Å²) in [6.07, 6.45) is 9.26. The molecule has 7 heteroatoms. The third-order valence-electron chi connectivity index (χ3n) is 13.1. The molecule has 1 aromatic rings. The predicted octanol–water partition coefficient (Wildman–Crippen LogP) is 9.25. The third kappa shape index (κ3) is 9.00. The lowest BCUT2D eigenvalue weighted by Crippen LogP contribution is -2.59. The summed E-state index contributed by atoms with van der Waals surface area (Å²) in [5.74, 6) is 2.65. The first kappa shape index (κ1) is 39.6. The maximum Gasteiger partial charge on any atom is 0.336 e. The van der Waals surface area contributed by atoms with E-state index in [-0.39, 0.29) is 32.5 Å². The van der Waals surface area contributed by atoms with Gasteiger partial charge in [0.25, 0.3) is 0 Å². The Morgan fingerprint density at radius 2 is 0.750 bits per heavy atom. The molecule has 3 fully saturated rings. The van der Waals surface area contributed by atoms with Crippen LogP contribution in [0.2, 0.25) is 0 Å². The molecule has 8 atom stereocenters. The molecule has 1 aromatic heterocycles. The number of hydrogen-bond acceptors (Lipinski definition) is 3. The van der Waals surface area contributed by atoms with Crippen LogP contribution in [0, 0.1) is 62.1 Å². The van der Waals surface area contributed by atoms with Gasteiger partial charge in [-0.1, -0.05) is 96.9 Å². The quantitative estimate of drug-likeness (QED) is 0.243. The van der Waals surface area contributed by atoms with Crippen molar-refractivity contribution in [3.63, 3.8) is 0 Å². The average Bonchev–Trinajstić information content (AvgIpc) is 2.88. The van der Waals surface area contributed by atoms with Crippen LogP contribution in [-0.2, 0) is 19.6 Å². The van der Waals surface area contributed by atoms with Gasteiger partial charge in [-0.2, -0.15) is 0 Å². The van der Waals surface area contributed by atoms with Crippen LogP contribution in [0.5, 0.6) is 0 Å². The van der Waals surface area contributed by atoms with Gasteiger partial charge in [0.05, 0.1) is 0 Å². The topological polar surface area (TPSA) is 66.0 Å². The smallest absolute Gasteiger partial charge is 0.247 e. The van der Waals surface area contributed by atoms with Gasteiger partial charge in [-0.3, -0.25) is 0 Å². The third-order valence-corrected chi connectivity index (χ3v) is 13.6. The van der Waals surface area contributed by atoms with E-state index in [9.17, 15) is 14.4 Å². The highest BCUT2D eigenvalue weighted by molar-refractivity contribution is 7.17. The highest BCUT2D eigenvalue weighted by Crippen LogP contribution is 2.53. The van der Waals surface area contributed by atoms with E-state index in [2.05, 4.69) is 106 Å². The minimum Gasteiger partial charge on any atom is -0.247 e. The lowest BCUT2D eigenvalue weighted by Gasteiger charge is -2.49. The van der Waals surface area contributed by atoms with E-state index in [4.69, 9.17) is 0 Å². The van der Waals surface area contributed by atoms with E-state index in [1.54, 1.807) is 0 Å². The summed E-state index contributed by atoms with van der Waals surface area (Å²) in [5.41, 5.74) is -1.04. The van der Waals surface area contributed by atoms with Crippen molar-refractivity contribution in [1.29, 1.82) is 0 Å². The van der Waals surface area contributed by atoms with E-state index in [0.717, 1.165) is 57.8 Å². The maximum absolute atomic E-state index is 14.7. The van der Waals surface area contributed by atoms with Crippen molar-refractivity contribution < 1.29 is 0 Å². The van der Waals surface area contributed by atoms with Gasteiger partial charge < -0.3 is 0 Å². The van der Waals surface area contributed by atoms with E-state index in [0.29, 0.717) is 54.9 Å². The van der Waals surface area contributed by atoms with Crippen molar-refractivity contribution in [2.45, 2.75) is 180 Å². The number of aromatic nitrogens is 3. The fourth-order valence-corrected chi connectivity index (χ4v) is 12.3. The Morgan fingerprint density at radius 1 is 0.500 bits per heavy atom. The SMILES string of the molecule is CC(C)C1CC(C)(C)CC(C)(Cn2c(=O)n(CC3(C)CC(C(C)C)CC(C)(C)C3)c(=O)n(CC3(C)CC(C(C)P)CC(C)(C)C3)c2=O)C1. The molecule has 1 heterocycles. The molecule has 4 rings (SSSR count). The fourth-order valence-electron chi connectivity index (χ4n) is 12.1. The van der Waals surface area contributed by atoms with Crippen LogP contribution < -0.4 is 17.1 Å². The Kier molecular flexibility index (Phi) is 11.1. The van der Waals surface area contributed by atoms with Crippen molar-refractivity contribution in [1.82, 2.24) is 13.7 Å². The minimum atomic E-state index is -0.402. The highest BCUT2D eigenvalue weighted by Gasteiger charge is 2.46. The van der Waals surface area contributed by atoms with Crippen LogP contribution >= 0.6 is 9.24 Å². The monoisotopic (exact) mass is 688 g/mol. The molecular weight excluding hydrogens is 613 g/mol. The molecule has 0 N–H and O–H groups in total. The average molecular weight is 688 g/mol. The van der Waals surface area contributed by atoms with Gasteiger partial charge in [0, 0.05) is 19.6 Å². The lowest BCUT2D eigenvalue weighted by atomic mass is 9.58. The van der Waals surface area contributed by atoms with Crippen LogP contribution in [0.4, 0.5) is 0 Å². The summed E-state index contributed by atoms with van der Waals surface area (Å²) in [6.45, 7) is 33.4. The molecule has 3 aliphatic rings. The van der Waals surface area contributed by atoms with Gasteiger partial charge in [0.2, 0.25) is 0 Å². The number of hydrogen-bond donors (Lipinski definition) is 0. The standard InChI is InChI=1S/C41H74N3O3P/c1-27(2)30-15-36(6,7)21-39(12,18-30)24-42-33(45)43(25-40(13)19-31(28(3)4)16-37(8,9)22-40)35(47)44(34(42)46)26-41(14)20-32(29(5)48)17-38(10,11)23-41/h27-32H,15-26,48H2,1-14H3. The van der Waals surface area contributed by atoms with Crippen LogP contribution in [-0.4, -0.2) is 19.4 Å². The molecule has 0 bridgehead atoms. The molecule has 6 nitrogen and oxygen atoms in total. The van der Waals surface area contributed by atoms with Crippen LogP contribution in [0.1, 0.15) is 155 Å². The zero-order valence-electron chi connectivity index (χ0n) is 33.6. The molecule has 0 radical (unpaired) electrons. The van der Waals surface area contributed by atoms with Crippen molar-refractivity contribution in [2.75, 3.05) is 0 Å². The van der Waals surface area contributed by atoms with Gasteiger partial charge in [0.1, 0.15) is 0 Å². The van der Waals surface area contributed by atoms with Gasteiger partial charge in [0.15, 0.2) is 0 Å². The highest BCUT2D eigenvalue weighted by atomic mass is 31.0. The summed E-state index contributed by atoms with van der Waals surface area (Å²) in [6, 6.07) is 0. The summed E-state index contributed by atoms with van der Waals surface area (Å²) < 4.78 is 4.51. The van der Waals surface area contributed by atoms with E-state index in [1.165, 1.54) is 13.7 Å². The van der Waals surface area contributed by atoms with Gasteiger partial charge in [-0.15, -0.1) is 9.24 Å². The van der Waals surface area contributed by atoms with E-state index in [1.807, 2.05) is 0 Å². The zero-order chi connectivity index (χ0) is 36.4. The Bertz CT molecular complexity index is 1290. The first-order valence-electron chi connectivity index (χ1n) is 19.4. The summed E-state index contributed by atoms with van der Waals surface area (Å²) in [5, 5.41) is 0. The fraction of sp³-hybridized carbons (Fsp3) is 0.927. The molecular formula is C41H74N3O3P. The van der Waals surface area contributed by atoms with Crippen molar-refractivity contribution in [3.05, 3.63) is 31.5 Å². The molecule has 3 saturated carbocycles. The first-order valence-corrected chi connectivity index (χ1v) is 20.0. The van der Waals surface area contributed by atoms with Gasteiger partial charge in [-0.25, -0.2) is 28.1 Å². The Hall–Kier alpha value is -1.16. The molecule has 0 saturated heterocycles. The minimum absolute atomic E-state index is 0.111. The lowest BCUT2D eigenvalue weighted by molar-refractivity contribution is 0.0136. The predicted molar refractivity (Wildman–Crippen MR) is 206 cm³/mol. The van der Waals surface area contributed by atoms with E-state index < -0.39 is 17.1 Å². The second-order valence-electron chi connectivity index (χ2n) is 21.9. The van der Waals surface area contributed by atoms with Gasteiger partial charge >= 0.3 is 17.1 Å². The summed E-state index contributed by atoms with van der Waals surface area (Å²) in [4.78, 5) is 44.0. The Morgan fingerprint density at radius 3 is 1.00 bits per heavy atom. The van der Waals surface area contributed by atoms with Crippen LogP contribution in [0.15, 0.2) is 14.4 Å². The van der Waals surface area contributed by atoms with Crippen molar-refractivity contribution in [2.24, 2.45) is 62.1 Å². The summed E-state index contributed by atoms with van der Waals surface area (Å²) >= 11 is 0. The maximum atomic E-state index is 14.7. The Labute approximate surface area is 295 Å². The van der Waals surface area contributed by atoms with Crippen LogP contribution in [0.3, 0.4) is 0 Å². The molecule has 3 aliphatic carbocycles. The first-order chi connectivity index (χ1) is 21.7. The van der Waals surface area contributed by atoms with Crippen molar-refractivity contribution >= 4 is 9.24 Å². The van der Waals surface area contributed by atoms with E-state index >= 15 is 0 Å². The largest absolute Gasteiger partial charge is 0.336 e. The second-order valence-corrected chi connectivity index (χ2v) is 23.0. The van der Waals surface area contributed by atoms with Crippen molar-refractivity contribution in [3.8, 4) is 0 Å². The molecule has 8 unspecified atom stereocenters. The zero-order valence-corrected chi connectivity index (χ0v) is 34.7. The molecule has 0 aromatic carbocycles. The number of nitrogens with zero attached hydrogens (tertiary/aromatic N) is 3. The second kappa shape index (κ2) is 13.4. The van der Waals surface area contributed by atoms with Crippen LogP contribution in [0.25, 0.3) is 0 Å². The molecule has 48 heavy (non-hydrogen) atoms. The normalized spacial score (nSPS) is 35.6. The number of rotatable bonds is 9.